The van der Waals surface area contributed by atoms with Crippen LogP contribution in [-0.2, 0) is 19.1 Å². The van der Waals surface area contributed by atoms with Crippen LogP contribution in [0.5, 0.6) is 0 Å². The molecule has 0 radical (unpaired) electrons. The zero-order valence-electron chi connectivity index (χ0n) is 11.6. The monoisotopic (exact) mass is 286 g/mol. The number of rotatable bonds is 3. The minimum absolute atomic E-state index is 0.588. The quantitative estimate of drug-likeness (QED) is 0.619. The first-order chi connectivity index (χ1) is 10.1. The minimum atomic E-state index is -1.64. The zero-order valence-corrected chi connectivity index (χ0v) is 11.6. The summed E-state index contributed by atoms with van der Waals surface area (Å²) < 4.78 is 9.48. The van der Waals surface area contributed by atoms with Crippen LogP contribution in [0.25, 0.3) is 4.85 Å². The molecule has 3 unspecified atom stereocenters. The molecule has 6 nitrogen and oxygen atoms in total. The van der Waals surface area contributed by atoms with Crippen molar-refractivity contribution < 1.29 is 19.1 Å². The van der Waals surface area contributed by atoms with Gasteiger partial charge in [-0.1, -0.05) is 30.3 Å². The second-order valence-electron chi connectivity index (χ2n) is 4.56. The Morgan fingerprint density at radius 2 is 1.90 bits per heavy atom. The Morgan fingerprint density at radius 3 is 2.43 bits per heavy atom. The Balaban J connectivity index is 2.57. The molecule has 0 amide bonds. The summed E-state index contributed by atoms with van der Waals surface area (Å²) in [6, 6.07) is 7.91. The van der Waals surface area contributed by atoms with E-state index in [-0.39, 0.29) is 0 Å². The highest BCUT2D eigenvalue weighted by molar-refractivity contribution is 6.07. The number of aliphatic imine (C=N–C) groups is 1. The Labute approximate surface area is 122 Å². The lowest BCUT2D eigenvalue weighted by atomic mass is 9.78. The molecule has 0 N–H and O–H groups in total. The van der Waals surface area contributed by atoms with Crippen LogP contribution < -0.4 is 0 Å². The molecule has 0 aromatic heterocycles. The van der Waals surface area contributed by atoms with E-state index in [1.807, 2.05) is 6.07 Å². The van der Waals surface area contributed by atoms with Crippen molar-refractivity contribution in [1.82, 2.24) is 0 Å². The molecule has 0 aliphatic carbocycles. The van der Waals surface area contributed by atoms with Gasteiger partial charge in [-0.05, 0) is 5.56 Å². The third-order valence-electron chi connectivity index (χ3n) is 3.52. The smallest absolute Gasteiger partial charge is 0.399 e. The predicted octanol–water partition coefficient (Wildman–Crippen LogP) is 1.23. The number of benzene rings is 1. The maximum absolute atomic E-state index is 12.1. The fourth-order valence-electron chi connectivity index (χ4n) is 2.50. The highest BCUT2D eigenvalue weighted by Crippen LogP contribution is 2.40. The highest BCUT2D eigenvalue weighted by Gasteiger charge is 2.62. The second kappa shape index (κ2) is 5.75. The predicted molar refractivity (Wildman–Crippen MR) is 74.8 cm³/mol. The standard InChI is InChI=1S/C15H14N2O4/c1-16-15(14(19)21-3)9-17-12(13(18)20-2)11(15)10-7-5-4-6-8-10/h4-9,11-12H,2-3H3. The van der Waals surface area contributed by atoms with Crippen LogP contribution in [0.2, 0.25) is 0 Å². The van der Waals surface area contributed by atoms with E-state index in [2.05, 4.69) is 9.84 Å². The van der Waals surface area contributed by atoms with Gasteiger partial charge in [0.25, 0.3) is 0 Å². The molecular formula is C15H14N2O4. The molecular weight excluding hydrogens is 272 g/mol. The molecule has 0 bridgehead atoms. The van der Waals surface area contributed by atoms with Gasteiger partial charge in [0.15, 0.2) is 6.04 Å². The van der Waals surface area contributed by atoms with Gasteiger partial charge in [0.1, 0.15) is 5.92 Å². The molecule has 1 aromatic rings. The van der Waals surface area contributed by atoms with Gasteiger partial charge in [-0.25, -0.2) is 16.2 Å². The lowest BCUT2D eigenvalue weighted by molar-refractivity contribution is -0.145. The first kappa shape index (κ1) is 14.7. The highest BCUT2D eigenvalue weighted by atomic mass is 16.5. The van der Waals surface area contributed by atoms with Gasteiger partial charge in [-0.15, -0.1) is 0 Å². The van der Waals surface area contributed by atoms with E-state index in [0.29, 0.717) is 5.56 Å². The van der Waals surface area contributed by atoms with Crippen molar-refractivity contribution in [2.24, 2.45) is 4.99 Å². The number of methoxy groups -OCH3 is 2. The fourth-order valence-corrected chi connectivity index (χ4v) is 2.50. The Hall–Kier alpha value is -2.68. The lowest BCUT2D eigenvalue weighted by Gasteiger charge is -2.23. The van der Waals surface area contributed by atoms with E-state index >= 15 is 0 Å². The van der Waals surface area contributed by atoms with E-state index in [1.165, 1.54) is 20.4 Å². The molecule has 0 spiro atoms. The Bertz CT molecular complexity index is 620. The van der Waals surface area contributed by atoms with Crippen LogP contribution in [0.3, 0.4) is 0 Å². The minimum Gasteiger partial charge on any atom is -0.467 e. The van der Waals surface area contributed by atoms with Crippen molar-refractivity contribution in [1.29, 1.82) is 0 Å². The summed E-state index contributed by atoms with van der Waals surface area (Å²) in [6.07, 6.45) is 1.20. The summed E-state index contributed by atoms with van der Waals surface area (Å²) >= 11 is 0. The number of nitrogens with zero attached hydrogens (tertiary/aromatic N) is 2. The maximum atomic E-state index is 12.1. The van der Waals surface area contributed by atoms with Gasteiger partial charge in [0.05, 0.1) is 20.4 Å². The molecule has 6 heteroatoms. The summed E-state index contributed by atoms with van der Waals surface area (Å²) in [6.45, 7) is 7.43. The molecule has 0 fully saturated rings. The van der Waals surface area contributed by atoms with Crippen LogP contribution in [0.15, 0.2) is 35.3 Å². The first-order valence-corrected chi connectivity index (χ1v) is 6.25. The molecule has 1 heterocycles. The normalized spacial score (nSPS) is 26.9. The fraction of sp³-hybridized carbons (Fsp3) is 0.333. The van der Waals surface area contributed by atoms with E-state index < -0.39 is 29.4 Å². The number of carbonyl (C=O) groups excluding carboxylic acids is 2. The van der Waals surface area contributed by atoms with Gasteiger partial charge < -0.3 is 9.47 Å². The third-order valence-corrected chi connectivity index (χ3v) is 3.52. The van der Waals surface area contributed by atoms with Gasteiger partial charge in [-0.2, -0.15) is 0 Å². The topological polar surface area (TPSA) is 69.3 Å². The van der Waals surface area contributed by atoms with Crippen molar-refractivity contribution in [3.05, 3.63) is 47.3 Å². The molecule has 0 saturated heterocycles. The molecule has 21 heavy (non-hydrogen) atoms. The van der Waals surface area contributed by atoms with Crippen molar-refractivity contribution in [2.75, 3.05) is 14.2 Å². The summed E-state index contributed by atoms with van der Waals surface area (Å²) in [5.41, 5.74) is -0.985. The van der Waals surface area contributed by atoms with Crippen LogP contribution in [0.4, 0.5) is 0 Å². The van der Waals surface area contributed by atoms with E-state index in [9.17, 15) is 9.59 Å². The molecule has 3 atom stereocenters. The molecule has 2 rings (SSSR count). The van der Waals surface area contributed by atoms with Crippen LogP contribution in [0, 0.1) is 6.57 Å². The summed E-state index contributed by atoms with van der Waals surface area (Å²) in [7, 11) is 2.45. The van der Waals surface area contributed by atoms with Crippen molar-refractivity contribution in [2.45, 2.75) is 17.5 Å². The van der Waals surface area contributed by atoms with E-state index in [4.69, 9.17) is 16.0 Å². The third kappa shape index (κ3) is 2.27. The first-order valence-electron chi connectivity index (χ1n) is 6.25. The van der Waals surface area contributed by atoms with Gasteiger partial charge >= 0.3 is 17.5 Å². The van der Waals surface area contributed by atoms with Crippen LogP contribution >= 0.6 is 0 Å². The van der Waals surface area contributed by atoms with Crippen molar-refractivity contribution in [3.8, 4) is 0 Å². The summed E-state index contributed by atoms with van der Waals surface area (Å²) in [4.78, 5) is 31.5. The average molecular weight is 286 g/mol. The number of hydrogen-bond donors (Lipinski definition) is 0. The van der Waals surface area contributed by atoms with E-state index in [1.54, 1.807) is 24.3 Å². The van der Waals surface area contributed by atoms with E-state index in [0.717, 1.165) is 0 Å². The molecule has 0 saturated carbocycles. The maximum Gasteiger partial charge on any atom is 0.399 e. The van der Waals surface area contributed by atoms with Crippen molar-refractivity contribution >= 4 is 18.2 Å². The van der Waals surface area contributed by atoms with Gasteiger partial charge in [0, 0.05) is 0 Å². The zero-order chi connectivity index (χ0) is 15.5. The van der Waals surface area contributed by atoms with Crippen molar-refractivity contribution in [3.63, 3.8) is 0 Å². The molecule has 1 aromatic carbocycles. The number of hydrogen-bond acceptors (Lipinski definition) is 5. The molecule has 1 aliphatic heterocycles. The number of ether oxygens (including phenoxy) is 2. The van der Waals surface area contributed by atoms with Gasteiger partial charge in [-0.3, -0.25) is 9.84 Å². The molecule has 108 valence electrons. The second-order valence-corrected chi connectivity index (χ2v) is 4.56. The lowest BCUT2D eigenvalue weighted by Crippen LogP contribution is -2.45. The van der Waals surface area contributed by atoms with Crippen LogP contribution in [-0.4, -0.2) is 44.0 Å². The number of esters is 2. The number of carbonyl (C=O) groups is 2. The Kier molecular flexibility index (Phi) is 4.03. The van der Waals surface area contributed by atoms with Gasteiger partial charge in [0.2, 0.25) is 0 Å². The average Bonchev–Trinajstić information content (AvgIpc) is 2.94. The molecule has 1 aliphatic rings. The summed E-state index contributed by atoms with van der Waals surface area (Å²) in [5.74, 6) is -2.09. The summed E-state index contributed by atoms with van der Waals surface area (Å²) in [5, 5.41) is 0. The largest absolute Gasteiger partial charge is 0.467 e. The SMILES string of the molecule is [C-]#[N+]C1(C(=O)OC)C=NC(C(=O)OC)C1c1ccccc1. The Morgan fingerprint density at radius 1 is 1.24 bits per heavy atom. The van der Waals surface area contributed by atoms with Crippen LogP contribution in [0.1, 0.15) is 11.5 Å².